The van der Waals surface area contributed by atoms with Crippen molar-refractivity contribution in [2.75, 3.05) is 19.7 Å². The largest absolute Gasteiger partial charge is 0.483 e. The van der Waals surface area contributed by atoms with Crippen LogP contribution in [0.15, 0.2) is 28.7 Å². The number of nitrogens with one attached hydrogen (secondary N) is 1. The molecule has 0 bridgehead atoms. The number of nitrogens with two attached hydrogens (primary N) is 1. The molecular weight excluding hydrogens is 338 g/mol. The lowest BCUT2D eigenvalue weighted by Gasteiger charge is -2.31. The van der Waals surface area contributed by atoms with E-state index in [1.54, 1.807) is 11.0 Å². The van der Waals surface area contributed by atoms with E-state index >= 15 is 0 Å². The van der Waals surface area contributed by atoms with Crippen LogP contribution in [0.5, 0.6) is 5.75 Å². The number of piperidine rings is 1. The topological polar surface area (TPSA) is 84.7 Å². The van der Waals surface area contributed by atoms with E-state index in [1.165, 1.54) is 0 Å². The van der Waals surface area contributed by atoms with Gasteiger partial charge in [0.05, 0.1) is 4.47 Å². The predicted molar refractivity (Wildman–Crippen MR) is 81.3 cm³/mol. The molecule has 1 aliphatic rings. The van der Waals surface area contributed by atoms with Gasteiger partial charge in [0.1, 0.15) is 5.75 Å². The summed E-state index contributed by atoms with van der Waals surface area (Å²) < 4.78 is 6.33. The fourth-order valence-electron chi connectivity index (χ4n) is 2.30. The number of para-hydroxylation sites is 1. The van der Waals surface area contributed by atoms with Crippen molar-refractivity contribution in [1.29, 1.82) is 0 Å². The number of likely N-dealkylation sites (tertiary alicyclic amines) is 1. The molecule has 0 atom stereocenters. The molecule has 0 aromatic heterocycles. The Morgan fingerprint density at radius 2 is 2.00 bits per heavy atom. The second kappa shape index (κ2) is 7.42. The molecule has 1 aromatic rings. The Hall–Kier alpha value is -1.60. The fourth-order valence-corrected chi connectivity index (χ4v) is 2.70. The third-order valence-corrected chi connectivity index (χ3v) is 4.20. The van der Waals surface area contributed by atoms with Gasteiger partial charge in [-0.15, -0.1) is 0 Å². The minimum atomic E-state index is -0.161. The molecule has 2 amide bonds. The van der Waals surface area contributed by atoms with Gasteiger partial charge in [-0.1, -0.05) is 12.1 Å². The van der Waals surface area contributed by atoms with Gasteiger partial charge in [-0.05, 0) is 40.9 Å². The van der Waals surface area contributed by atoms with Crippen LogP contribution in [0.4, 0.5) is 0 Å². The van der Waals surface area contributed by atoms with Gasteiger partial charge in [0, 0.05) is 19.0 Å². The average Bonchev–Trinajstić information content (AvgIpc) is 2.53. The number of carbonyl (C=O) groups is 2. The van der Waals surface area contributed by atoms with Crippen LogP contribution in [-0.4, -0.2) is 36.4 Å². The van der Waals surface area contributed by atoms with Gasteiger partial charge in [0.2, 0.25) is 5.91 Å². The Labute approximate surface area is 131 Å². The fraction of sp³-hybridized carbons (Fsp3) is 0.429. The predicted octanol–water partition coefficient (Wildman–Crippen LogP) is 1.06. The number of amides is 2. The molecule has 3 N–H and O–H groups in total. The maximum Gasteiger partial charge on any atom is 0.260 e. The molecule has 1 aromatic carbocycles. The van der Waals surface area contributed by atoms with Crippen LogP contribution in [0, 0.1) is 5.92 Å². The highest BCUT2D eigenvalue weighted by molar-refractivity contribution is 9.10. The number of carbonyl (C=O) groups excluding carboxylic acids is 2. The van der Waals surface area contributed by atoms with Gasteiger partial charge in [0.15, 0.2) is 6.61 Å². The van der Waals surface area contributed by atoms with Gasteiger partial charge in [0.25, 0.3) is 5.91 Å². The molecule has 7 heteroatoms. The van der Waals surface area contributed by atoms with E-state index in [4.69, 9.17) is 10.6 Å². The van der Waals surface area contributed by atoms with Crippen LogP contribution >= 0.6 is 15.9 Å². The average molecular weight is 356 g/mol. The Morgan fingerprint density at radius 1 is 1.33 bits per heavy atom. The number of benzene rings is 1. The Morgan fingerprint density at radius 3 is 2.62 bits per heavy atom. The minimum Gasteiger partial charge on any atom is -0.483 e. The van der Waals surface area contributed by atoms with E-state index in [1.807, 2.05) is 18.2 Å². The molecule has 0 saturated carbocycles. The Bertz CT molecular complexity index is 516. The summed E-state index contributed by atoms with van der Waals surface area (Å²) in [5.41, 5.74) is 2.16. The van der Waals surface area contributed by atoms with Crippen molar-refractivity contribution in [2.45, 2.75) is 12.8 Å². The minimum absolute atomic E-state index is 0.00361. The molecule has 0 aliphatic carbocycles. The highest BCUT2D eigenvalue weighted by Gasteiger charge is 2.27. The second-order valence-electron chi connectivity index (χ2n) is 4.88. The summed E-state index contributed by atoms with van der Waals surface area (Å²) in [4.78, 5) is 25.2. The third kappa shape index (κ3) is 4.18. The molecule has 6 nitrogen and oxygen atoms in total. The number of hydrogen-bond acceptors (Lipinski definition) is 4. The molecule has 0 spiro atoms. The normalized spacial score (nSPS) is 15.6. The van der Waals surface area contributed by atoms with E-state index in [0.717, 1.165) is 4.47 Å². The molecule has 21 heavy (non-hydrogen) atoms. The van der Waals surface area contributed by atoms with E-state index in [2.05, 4.69) is 21.4 Å². The van der Waals surface area contributed by atoms with Gasteiger partial charge >= 0.3 is 0 Å². The van der Waals surface area contributed by atoms with Crippen LogP contribution in [0.25, 0.3) is 0 Å². The number of hydrogen-bond donors (Lipinski definition) is 2. The second-order valence-corrected chi connectivity index (χ2v) is 5.74. The first-order chi connectivity index (χ1) is 10.1. The highest BCUT2D eigenvalue weighted by Crippen LogP contribution is 2.24. The SMILES string of the molecule is NNC(=O)C1CCN(C(=O)COc2ccccc2Br)CC1. The number of hydrazine groups is 1. The number of halogens is 1. The van der Waals surface area contributed by atoms with Gasteiger partial charge in [-0.3, -0.25) is 15.0 Å². The summed E-state index contributed by atoms with van der Waals surface area (Å²) in [5.74, 6) is 5.42. The maximum atomic E-state index is 12.1. The number of ether oxygens (including phenoxy) is 1. The lowest BCUT2D eigenvalue weighted by atomic mass is 9.96. The smallest absolute Gasteiger partial charge is 0.260 e. The van der Waals surface area contributed by atoms with E-state index in [-0.39, 0.29) is 24.3 Å². The van der Waals surface area contributed by atoms with Crippen molar-refractivity contribution in [1.82, 2.24) is 10.3 Å². The van der Waals surface area contributed by atoms with Crippen LogP contribution in [0.3, 0.4) is 0 Å². The third-order valence-electron chi connectivity index (χ3n) is 3.55. The van der Waals surface area contributed by atoms with E-state index < -0.39 is 0 Å². The van der Waals surface area contributed by atoms with E-state index in [9.17, 15) is 9.59 Å². The molecule has 2 rings (SSSR count). The first-order valence-corrected chi connectivity index (χ1v) is 7.56. The van der Waals surface area contributed by atoms with E-state index in [0.29, 0.717) is 31.7 Å². The zero-order valence-electron chi connectivity index (χ0n) is 11.5. The molecular formula is C14H18BrN3O3. The van der Waals surface area contributed by atoms with Gasteiger partial charge < -0.3 is 9.64 Å². The summed E-state index contributed by atoms with van der Waals surface area (Å²) in [6.07, 6.45) is 1.26. The van der Waals surface area contributed by atoms with Crippen molar-refractivity contribution in [2.24, 2.45) is 11.8 Å². The summed E-state index contributed by atoms with van der Waals surface area (Å²) in [6.45, 7) is 1.10. The van der Waals surface area contributed by atoms with Crippen molar-refractivity contribution in [3.63, 3.8) is 0 Å². The maximum absolute atomic E-state index is 12.1. The lowest BCUT2D eigenvalue weighted by Crippen LogP contribution is -2.45. The van der Waals surface area contributed by atoms with Crippen LogP contribution in [0.2, 0.25) is 0 Å². The molecule has 0 radical (unpaired) electrons. The molecule has 0 unspecified atom stereocenters. The van der Waals surface area contributed by atoms with Crippen molar-refractivity contribution < 1.29 is 14.3 Å². The van der Waals surface area contributed by atoms with Crippen molar-refractivity contribution in [3.05, 3.63) is 28.7 Å². The van der Waals surface area contributed by atoms with Crippen molar-refractivity contribution >= 4 is 27.7 Å². The summed E-state index contributed by atoms with van der Waals surface area (Å²) in [5, 5.41) is 0. The first-order valence-electron chi connectivity index (χ1n) is 6.77. The zero-order valence-corrected chi connectivity index (χ0v) is 13.1. The first kappa shape index (κ1) is 15.8. The lowest BCUT2D eigenvalue weighted by molar-refractivity contribution is -0.137. The van der Waals surface area contributed by atoms with Crippen LogP contribution in [-0.2, 0) is 9.59 Å². The zero-order chi connectivity index (χ0) is 15.2. The van der Waals surface area contributed by atoms with Crippen molar-refractivity contribution in [3.8, 4) is 5.75 Å². The molecule has 1 heterocycles. The molecule has 1 fully saturated rings. The summed E-state index contributed by atoms with van der Waals surface area (Å²) in [6, 6.07) is 7.39. The van der Waals surface area contributed by atoms with Crippen LogP contribution in [0.1, 0.15) is 12.8 Å². The summed E-state index contributed by atoms with van der Waals surface area (Å²) in [7, 11) is 0. The standard InChI is InChI=1S/C14H18BrN3O3/c15-11-3-1-2-4-12(11)21-9-13(19)18-7-5-10(6-8-18)14(20)17-16/h1-4,10H,5-9,16H2,(H,17,20). The Balaban J connectivity index is 1.80. The van der Waals surface area contributed by atoms with Gasteiger partial charge in [-0.2, -0.15) is 0 Å². The highest BCUT2D eigenvalue weighted by atomic mass is 79.9. The molecule has 114 valence electrons. The number of nitrogens with zero attached hydrogens (tertiary/aromatic N) is 1. The van der Waals surface area contributed by atoms with Crippen LogP contribution < -0.4 is 16.0 Å². The number of rotatable bonds is 4. The quantitative estimate of drug-likeness (QED) is 0.480. The molecule has 1 aliphatic heterocycles. The van der Waals surface area contributed by atoms with Gasteiger partial charge in [-0.25, -0.2) is 5.84 Å². The monoisotopic (exact) mass is 355 g/mol. The summed E-state index contributed by atoms with van der Waals surface area (Å²) >= 11 is 3.37. The Kier molecular flexibility index (Phi) is 5.58. The molecule has 1 saturated heterocycles.